The Kier molecular flexibility index (Phi) is 8.43. The highest BCUT2D eigenvalue weighted by molar-refractivity contribution is 5.97. The van der Waals surface area contributed by atoms with E-state index in [4.69, 9.17) is 4.74 Å². The van der Waals surface area contributed by atoms with Crippen molar-refractivity contribution in [1.29, 1.82) is 0 Å². The van der Waals surface area contributed by atoms with Gasteiger partial charge in [-0.05, 0) is 74.1 Å². The third-order valence-corrected chi connectivity index (χ3v) is 7.08. The van der Waals surface area contributed by atoms with E-state index in [0.29, 0.717) is 17.8 Å². The monoisotopic (exact) mass is 510 g/mol. The van der Waals surface area contributed by atoms with Gasteiger partial charge in [-0.25, -0.2) is 14.2 Å². The predicted molar refractivity (Wildman–Crippen MR) is 140 cm³/mol. The summed E-state index contributed by atoms with van der Waals surface area (Å²) in [5, 5.41) is 12.6. The summed E-state index contributed by atoms with van der Waals surface area (Å²) in [6, 6.07) is 6.64. The molecule has 1 aliphatic carbocycles. The molecule has 1 aliphatic heterocycles. The zero-order valence-electron chi connectivity index (χ0n) is 21.6. The average molecular weight is 511 g/mol. The van der Waals surface area contributed by atoms with Crippen LogP contribution in [0.15, 0.2) is 42.6 Å². The Balaban J connectivity index is 1.59. The number of nitrogens with zero attached hydrogens (tertiary/aromatic N) is 3. The van der Waals surface area contributed by atoms with Gasteiger partial charge in [-0.2, -0.15) is 0 Å². The molecular weight excluding hydrogens is 475 g/mol. The number of rotatable bonds is 6. The second kappa shape index (κ2) is 11.7. The number of hydrogen-bond donors (Lipinski definition) is 2. The van der Waals surface area contributed by atoms with E-state index in [9.17, 15) is 19.1 Å². The maximum Gasteiger partial charge on any atom is 0.321 e. The van der Waals surface area contributed by atoms with Crippen molar-refractivity contribution in [2.45, 2.75) is 51.7 Å². The minimum absolute atomic E-state index is 0.158. The number of aromatic nitrogens is 1. The number of pyridine rings is 1. The summed E-state index contributed by atoms with van der Waals surface area (Å²) in [7, 11) is 1.65. The van der Waals surface area contributed by atoms with Gasteiger partial charge in [-0.15, -0.1) is 0 Å². The number of carbonyl (C=O) groups excluding carboxylic acids is 2. The van der Waals surface area contributed by atoms with E-state index >= 15 is 0 Å². The Morgan fingerprint density at radius 2 is 2.08 bits per heavy atom. The van der Waals surface area contributed by atoms with Crippen LogP contribution >= 0.6 is 0 Å². The van der Waals surface area contributed by atoms with Gasteiger partial charge >= 0.3 is 6.03 Å². The van der Waals surface area contributed by atoms with E-state index in [1.165, 1.54) is 34.7 Å². The normalized spacial score (nSPS) is 20.6. The Morgan fingerprint density at radius 3 is 2.76 bits per heavy atom. The van der Waals surface area contributed by atoms with Crippen molar-refractivity contribution in [3.63, 3.8) is 0 Å². The number of hydrogen-bond acceptors (Lipinski definition) is 5. The second-order valence-corrected chi connectivity index (χ2v) is 9.99. The Bertz CT molecular complexity index is 1150. The van der Waals surface area contributed by atoms with Gasteiger partial charge in [-0.3, -0.25) is 4.79 Å². The first kappa shape index (κ1) is 26.6. The largest absolute Gasteiger partial charge is 0.472 e. The molecule has 0 spiro atoms. The lowest BCUT2D eigenvalue weighted by Gasteiger charge is -2.37. The zero-order valence-corrected chi connectivity index (χ0v) is 21.6. The summed E-state index contributed by atoms with van der Waals surface area (Å²) in [4.78, 5) is 34.1. The highest BCUT2D eigenvalue weighted by Crippen LogP contribution is 2.32. The minimum atomic E-state index is -0.462. The standard InChI is InChI=1S/C28H35FN4O4/c1-18-15-33(19(2)17-34)27(35)24-13-21(20-7-5-4-6-8-20)14-30-26(24)37-25(18)16-32(3)28(36)31-23-11-9-22(29)10-12-23/h7,9-14,18-19,25,34H,4-6,8,15-17H2,1-3H3,(H,31,36)/t18-,19+,25-/m0/s1. The lowest BCUT2D eigenvalue weighted by Crippen LogP contribution is -2.50. The summed E-state index contributed by atoms with van der Waals surface area (Å²) in [6.45, 7) is 4.18. The molecule has 2 aliphatic rings. The Labute approximate surface area is 217 Å². The van der Waals surface area contributed by atoms with Crippen molar-refractivity contribution in [2.24, 2.45) is 5.92 Å². The van der Waals surface area contributed by atoms with Crippen LogP contribution in [0.5, 0.6) is 5.88 Å². The number of carbonyl (C=O) groups is 2. The van der Waals surface area contributed by atoms with Gasteiger partial charge < -0.3 is 25.0 Å². The van der Waals surface area contributed by atoms with Gasteiger partial charge in [0.15, 0.2) is 0 Å². The van der Waals surface area contributed by atoms with E-state index in [0.717, 1.165) is 31.2 Å². The molecule has 9 heteroatoms. The molecule has 3 amide bonds. The van der Waals surface area contributed by atoms with Gasteiger partial charge in [0.1, 0.15) is 17.5 Å². The lowest BCUT2D eigenvalue weighted by molar-refractivity contribution is 0.0356. The van der Waals surface area contributed by atoms with Crippen molar-refractivity contribution in [3.8, 4) is 5.88 Å². The van der Waals surface area contributed by atoms with E-state index in [-0.39, 0.29) is 42.7 Å². The molecule has 0 saturated carbocycles. The minimum Gasteiger partial charge on any atom is -0.472 e. The van der Waals surface area contributed by atoms with Crippen molar-refractivity contribution >= 4 is 23.2 Å². The smallest absolute Gasteiger partial charge is 0.321 e. The van der Waals surface area contributed by atoms with Crippen LogP contribution in [-0.2, 0) is 0 Å². The van der Waals surface area contributed by atoms with E-state index in [1.807, 2.05) is 19.9 Å². The zero-order chi connectivity index (χ0) is 26.5. The maximum absolute atomic E-state index is 13.6. The van der Waals surface area contributed by atoms with Crippen molar-refractivity contribution < 1.29 is 23.8 Å². The molecule has 2 N–H and O–H groups in total. The number of benzene rings is 1. The van der Waals surface area contributed by atoms with Crippen LogP contribution in [-0.4, -0.2) is 70.7 Å². The van der Waals surface area contributed by atoms with Gasteiger partial charge in [0.25, 0.3) is 5.91 Å². The SMILES string of the molecule is C[C@H](CO)N1C[C@H](C)[C@H](CN(C)C(=O)Nc2ccc(F)cc2)Oc2ncc(C3=CCCCC3)cc2C1=O. The van der Waals surface area contributed by atoms with Crippen LogP contribution in [0.25, 0.3) is 5.57 Å². The van der Waals surface area contributed by atoms with Crippen LogP contribution in [0, 0.1) is 11.7 Å². The molecule has 4 rings (SSSR count). The molecule has 0 bridgehead atoms. The second-order valence-electron chi connectivity index (χ2n) is 9.99. The molecule has 0 fully saturated rings. The number of aliphatic hydroxyl groups excluding tert-OH is 1. The molecule has 2 heterocycles. The first-order valence-corrected chi connectivity index (χ1v) is 12.8. The molecule has 0 saturated heterocycles. The van der Waals surface area contributed by atoms with Crippen LogP contribution in [0.1, 0.15) is 55.5 Å². The van der Waals surface area contributed by atoms with Gasteiger partial charge in [0, 0.05) is 31.4 Å². The first-order valence-electron chi connectivity index (χ1n) is 12.8. The number of urea groups is 1. The maximum atomic E-state index is 13.6. The molecule has 37 heavy (non-hydrogen) atoms. The van der Waals surface area contributed by atoms with E-state index in [1.54, 1.807) is 18.1 Å². The molecule has 0 radical (unpaired) electrons. The third-order valence-electron chi connectivity index (χ3n) is 7.08. The van der Waals surface area contributed by atoms with Crippen molar-refractivity contribution in [1.82, 2.24) is 14.8 Å². The number of halogens is 1. The van der Waals surface area contributed by atoms with Crippen LogP contribution in [0.4, 0.5) is 14.9 Å². The number of anilines is 1. The molecular formula is C28H35FN4O4. The number of allylic oxidation sites excluding steroid dienone is 2. The Morgan fingerprint density at radius 1 is 1.32 bits per heavy atom. The lowest BCUT2D eigenvalue weighted by atomic mass is 9.93. The summed E-state index contributed by atoms with van der Waals surface area (Å²) in [6.07, 6.45) is 7.71. The summed E-state index contributed by atoms with van der Waals surface area (Å²) >= 11 is 0. The number of aliphatic hydroxyl groups is 1. The fraction of sp³-hybridized carbons (Fsp3) is 0.464. The van der Waals surface area contributed by atoms with Gasteiger partial charge in [0.05, 0.1) is 19.2 Å². The summed E-state index contributed by atoms with van der Waals surface area (Å²) in [5.41, 5.74) is 2.93. The average Bonchev–Trinajstić information content (AvgIpc) is 2.91. The van der Waals surface area contributed by atoms with Gasteiger partial charge in [-0.1, -0.05) is 13.0 Å². The topological polar surface area (TPSA) is 95.0 Å². The number of likely N-dealkylation sites (N-methyl/N-ethyl adjacent to an activating group) is 1. The third kappa shape index (κ3) is 6.28. The summed E-state index contributed by atoms with van der Waals surface area (Å²) < 4.78 is 19.5. The Hall–Kier alpha value is -3.46. The fourth-order valence-corrected chi connectivity index (χ4v) is 4.70. The quantitative estimate of drug-likeness (QED) is 0.594. The van der Waals surface area contributed by atoms with E-state index < -0.39 is 12.1 Å². The van der Waals surface area contributed by atoms with Crippen LogP contribution in [0.2, 0.25) is 0 Å². The highest BCUT2D eigenvalue weighted by atomic mass is 19.1. The fourth-order valence-electron chi connectivity index (χ4n) is 4.70. The highest BCUT2D eigenvalue weighted by Gasteiger charge is 2.35. The van der Waals surface area contributed by atoms with Crippen molar-refractivity contribution in [3.05, 3.63) is 59.5 Å². The number of fused-ring (bicyclic) bond motifs is 1. The predicted octanol–water partition coefficient (Wildman–Crippen LogP) is 4.56. The number of nitrogens with one attached hydrogen (secondary N) is 1. The van der Waals surface area contributed by atoms with Crippen LogP contribution < -0.4 is 10.1 Å². The van der Waals surface area contributed by atoms with Crippen LogP contribution in [0.3, 0.4) is 0 Å². The molecule has 8 nitrogen and oxygen atoms in total. The van der Waals surface area contributed by atoms with Gasteiger partial charge in [0.2, 0.25) is 5.88 Å². The number of ether oxygens (including phenoxy) is 1. The molecule has 3 atom stereocenters. The van der Waals surface area contributed by atoms with E-state index in [2.05, 4.69) is 16.4 Å². The molecule has 198 valence electrons. The van der Waals surface area contributed by atoms with Crippen molar-refractivity contribution in [2.75, 3.05) is 32.1 Å². The molecule has 0 unspecified atom stereocenters. The molecule has 2 aromatic rings. The first-order chi connectivity index (χ1) is 17.8. The number of amides is 3. The molecule has 1 aromatic carbocycles. The molecule has 1 aromatic heterocycles. The summed E-state index contributed by atoms with van der Waals surface area (Å²) in [5.74, 6) is -0.540.